The van der Waals surface area contributed by atoms with Gasteiger partial charge in [0.05, 0.1) is 0 Å². The fraction of sp³-hybridized carbons (Fsp3) is 0.286. The lowest BCUT2D eigenvalue weighted by Crippen LogP contribution is -2.35. The van der Waals surface area contributed by atoms with E-state index in [0.29, 0.717) is 11.1 Å². The molecule has 1 unspecified atom stereocenters. The molecule has 1 N–H and O–H groups in total. The molecule has 0 saturated heterocycles. The average Bonchev–Trinajstić information content (AvgIpc) is 2.44. The van der Waals surface area contributed by atoms with Gasteiger partial charge < -0.3 is 5.11 Å². The van der Waals surface area contributed by atoms with Crippen molar-refractivity contribution in [1.82, 2.24) is 0 Å². The Morgan fingerprint density at radius 1 is 0.957 bits per heavy atom. The van der Waals surface area contributed by atoms with Gasteiger partial charge in [0.2, 0.25) is 0 Å². The first-order valence-electron chi connectivity index (χ1n) is 7.81. The molecule has 0 aromatic heterocycles. The molecule has 0 spiro atoms. The molecule has 0 saturated carbocycles. The van der Waals surface area contributed by atoms with Crippen LogP contribution < -0.4 is 0 Å². The highest BCUT2D eigenvalue weighted by Gasteiger charge is 2.37. The average molecular weight is 308 g/mol. The first-order chi connectivity index (χ1) is 10.8. The number of hydrogen-bond acceptors (Lipinski definition) is 2. The Labute approximate surface area is 138 Å². The number of hydrogen-bond donors (Lipinski definition) is 1. The molecule has 2 rings (SSSR count). The second-order valence-corrected chi connectivity index (χ2v) is 6.43. The zero-order chi connectivity index (χ0) is 17.2. The second-order valence-electron chi connectivity index (χ2n) is 6.43. The van der Waals surface area contributed by atoms with Crippen molar-refractivity contribution in [2.24, 2.45) is 0 Å². The van der Waals surface area contributed by atoms with E-state index in [1.165, 1.54) is 0 Å². The molecule has 2 heteroatoms. The topological polar surface area (TPSA) is 37.3 Å². The van der Waals surface area contributed by atoms with E-state index in [1.807, 2.05) is 64.1 Å². The fourth-order valence-corrected chi connectivity index (χ4v) is 3.11. The van der Waals surface area contributed by atoms with Crippen molar-refractivity contribution in [1.29, 1.82) is 0 Å². The summed E-state index contributed by atoms with van der Waals surface area (Å²) in [6, 6.07) is 11.4. The first-order valence-corrected chi connectivity index (χ1v) is 7.81. The van der Waals surface area contributed by atoms with Gasteiger partial charge in [-0.2, -0.15) is 0 Å². The molecule has 23 heavy (non-hydrogen) atoms. The fourth-order valence-electron chi connectivity index (χ4n) is 3.11. The van der Waals surface area contributed by atoms with Gasteiger partial charge in [-0.1, -0.05) is 52.6 Å². The summed E-state index contributed by atoms with van der Waals surface area (Å²) >= 11 is 0. The SMILES string of the molecule is C=CCC(O)(C(=O)c1cc(C)cc(C)c1)c1cc(C)cc(C)c1. The maximum atomic E-state index is 13.1. The molecule has 2 nitrogen and oxygen atoms in total. The Kier molecular flexibility index (Phi) is 4.86. The van der Waals surface area contributed by atoms with Gasteiger partial charge in [0.25, 0.3) is 0 Å². The van der Waals surface area contributed by atoms with Crippen molar-refractivity contribution in [3.63, 3.8) is 0 Å². The van der Waals surface area contributed by atoms with E-state index in [0.717, 1.165) is 22.3 Å². The number of carbonyl (C=O) groups is 1. The molecule has 0 aliphatic carbocycles. The number of aryl methyl sites for hydroxylation is 4. The summed E-state index contributed by atoms with van der Waals surface area (Å²) in [6.45, 7) is 11.5. The van der Waals surface area contributed by atoms with Gasteiger partial charge in [-0.05, 0) is 45.4 Å². The van der Waals surface area contributed by atoms with Gasteiger partial charge in [-0.25, -0.2) is 0 Å². The Morgan fingerprint density at radius 2 is 1.39 bits per heavy atom. The predicted molar refractivity (Wildman–Crippen MR) is 94.9 cm³/mol. The summed E-state index contributed by atoms with van der Waals surface area (Å²) in [5.41, 5.74) is 3.64. The Morgan fingerprint density at radius 3 is 1.83 bits per heavy atom. The van der Waals surface area contributed by atoms with E-state index >= 15 is 0 Å². The lowest BCUT2D eigenvalue weighted by Gasteiger charge is -2.27. The highest BCUT2D eigenvalue weighted by atomic mass is 16.3. The molecule has 1 atom stereocenters. The van der Waals surface area contributed by atoms with Crippen LogP contribution in [0.2, 0.25) is 0 Å². The molecular weight excluding hydrogens is 284 g/mol. The summed E-state index contributed by atoms with van der Waals surface area (Å²) in [6.07, 6.45) is 1.78. The van der Waals surface area contributed by atoms with Crippen molar-refractivity contribution in [3.8, 4) is 0 Å². The summed E-state index contributed by atoms with van der Waals surface area (Å²) in [7, 11) is 0. The minimum atomic E-state index is -1.58. The molecule has 120 valence electrons. The van der Waals surface area contributed by atoms with Crippen molar-refractivity contribution < 1.29 is 9.90 Å². The third-order valence-corrected chi connectivity index (χ3v) is 4.00. The predicted octanol–water partition coefficient (Wildman–Crippen LogP) is 4.57. The lowest BCUT2D eigenvalue weighted by atomic mass is 9.81. The summed E-state index contributed by atoms with van der Waals surface area (Å²) in [5, 5.41) is 11.2. The first kappa shape index (κ1) is 17.2. The molecule has 2 aromatic carbocycles. The zero-order valence-electron chi connectivity index (χ0n) is 14.3. The van der Waals surface area contributed by atoms with Crippen LogP contribution in [0.15, 0.2) is 49.1 Å². The minimum Gasteiger partial charge on any atom is -0.377 e. The molecule has 0 fully saturated rings. The Balaban J connectivity index is 2.59. The standard InChI is InChI=1S/C21H24O2/c1-6-7-21(23,19-12-16(4)9-17(5)13-19)20(22)18-10-14(2)8-15(3)11-18/h6,8-13,23H,1,7H2,2-5H3. The monoisotopic (exact) mass is 308 g/mol. The van der Waals surface area contributed by atoms with Crippen LogP contribution in [0.4, 0.5) is 0 Å². The number of carbonyl (C=O) groups excluding carboxylic acids is 1. The summed E-state index contributed by atoms with van der Waals surface area (Å²) in [5.74, 6) is -0.283. The molecule has 0 aliphatic heterocycles. The molecule has 0 heterocycles. The number of ketones is 1. The van der Waals surface area contributed by atoms with Crippen LogP contribution in [-0.2, 0) is 5.60 Å². The van der Waals surface area contributed by atoms with E-state index in [4.69, 9.17) is 0 Å². The largest absolute Gasteiger partial charge is 0.377 e. The van der Waals surface area contributed by atoms with Gasteiger partial charge in [0.1, 0.15) is 0 Å². The van der Waals surface area contributed by atoms with E-state index in [2.05, 4.69) is 6.58 Å². The normalized spacial score (nSPS) is 13.4. The number of Topliss-reactive ketones (excluding diaryl/α,β-unsaturated/α-hetero) is 1. The van der Waals surface area contributed by atoms with E-state index in [1.54, 1.807) is 6.08 Å². The maximum absolute atomic E-state index is 13.1. The van der Waals surface area contributed by atoms with Crippen LogP contribution in [0.3, 0.4) is 0 Å². The van der Waals surface area contributed by atoms with Crippen LogP contribution in [0.25, 0.3) is 0 Å². The van der Waals surface area contributed by atoms with Gasteiger partial charge in [0.15, 0.2) is 11.4 Å². The van der Waals surface area contributed by atoms with Crippen molar-refractivity contribution in [2.45, 2.75) is 39.7 Å². The Bertz CT molecular complexity index is 718. The van der Waals surface area contributed by atoms with Crippen molar-refractivity contribution >= 4 is 5.78 Å². The molecule has 0 radical (unpaired) electrons. The maximum Gasteiger partial charge on any atom is 0.199 e. The van der Waals surface area contributed by atoms with Crippen LogP contribution in [0.1, 0.15) is 44.6 Å². The highest BCUT2D eigenvalue weighted by Crippen LogP contribution is 2.32. The molecule has 0 amide bonds. The summed E-state index contributed by atoms with van der Waals surface area (Å²) < 4.78 is 0. The highest BCUT2D eigenvalue weighted by molar-refractivity contribution is 6.03. The van der Waals surface area contributed by atoms with Crippen molar-refractivity contribution in [3.05, 3.63) is 82.4 Å². The van der Waals surface area contributed by atoms with E-state index < -0.39 is 5.60 Å². The lowest BCUT2D eigenvalue weighted by molar-refractivity contribution is 0.0312. The number of rotatable bonds is 5. The Hall–Kier alpha value is -2.19. The molecule has 0 bridgehead atoms. The van der Waals surface area contributed by atoms with Crippen LogP contribution >= 0.6 is 0 Å². The summed E-state index contributed by atoms with van der Waals surface area (Å²) in [4.78, 5) is 13.1. The van der Waals surface area contributed by atoms with E-state index in [9.17, 15) is 9.90 Å². The van der Waals surface area contributed by atoms with Crippen LogP contribution in [0, 0.1) is 27.7 Å². The molecule has 0 aliphatic rings. The van der Waals surface area contributed by atoms with Gasteiger partial charge in [-0.3, -0.25) is 4.79 Å². The number of aliphatic hydroxyl groups is 1. The van der Waals surface area contributed by atoms with Gasteiger partial charge >= 0.3 is 0 Å². The third kappa shape index (κ3) is 3.59. The zero-order valence-corrected chi connectivity index (χ0v) is 14.3. The number of benzene rings is 2. The quantitative estimate of drug-likeness (QED) is 0.649. The molecule has 2 aromatic rings. The van der Waals surface area contributed by atoms with Crippen molar-refractivity contribution in [2.75, 3.05) is 0 Å². The van der Waals surface area contributed by atoms with Gasteiger partial charge in [0, 0.05) is 12.0 Å². The van der Waals surface area contributed by atoms with Crippen LogP contribution in [-0.4, -0.2) is 10.9 Å². The minimum absolute atomic E-state index is 0.182. The van der Waals surface area contributed by atoms with Crippen LogP contribution in [0.5, 0.6) is 0 Å². The van der Waals surface area contributed by atoms with Gasteiger partial charge in [-0.15, -0.1) is 6.58 Å². The smallest absolute Gasteiger partial charge is 0.199 e. The second kappa shape index (κ2) is 6.51. The third-order valence-electron chi connectivity index (χ3n) is 4.00. The van der Waals surface area contributed by atoms with E-state index in [-0.39, 0.29) is 12.2 Å². The molecular formula is C21H24O2.